The van der Waals surface area contributed by atoms with Crippen molar-refractivity contribution in [3.05, 3.63) is 42.0 Å². The van der Waals surface area contributed by atoms with Gasteiger partial charge in [-0.05, 0) is 37.6 Å². The molecule has 1 aromatic heterocycles. The van der Waals surface area contributed by atoms with Crippen LogP contribution in [0, 0.1) is 5.82 Å². The Bertz CT molecular complexity index is 467. The molecule has 0 bridgehead atoms. The van der Waals surface area contributed by atoms with Crippen LogP contribution in [0.1, 0.15) is 12.1 Å². The van der Waals surface area contributed by atoms with Crippen LogP contribution < -0.4 is 5.73 Å². The maximum Gasteiger partial charge on any atom is 0.125 e. The lowest BCUT2D eigenvalue weighted by Crippen LogP contribution is -2.06. The van der Waals surface area contributed by atoms with Gasteiger partial charge in [0.1, 0.15) is 5.82 Å². The number of aryl methyl sites for hydroxylation is 1. The zero-order valence-corrected chi connectivity index (χ0v) is 8.81. The third-order valence-electron chi connectivity index (χ3n) is 2.31. The molecule has 16 heavy (non-hydrogen) atoms. The van der Waals surface area contributed by atoms with Gasteiger partial charge in [0.05, 0.1) is 17.6 Å². The molecule has 4 nitrogen and oxygen atoms in total. The minimum Gasteiger partial charge on any atom is -0.330 e. The minimum absolute atomic E-state index is 0.280. The van der Waals surface area contributed by atoms with E-state index < -0.39 is 0 Å². The Morgan fingerprint density at radius 3 is 3.00 bits per heavy atom. The fraction of sp³-hybridized carbons (Fsp3) is 0.273. The number of halogens is 1. The van der Waals surface area contributed by atoms with Crippen LogP contribution in [-0.2, 0) is 6.42 Å². The van der Waals surface area contributed by atoms with E-state index in [1.165, 1.54) is 12.1 Å². The Kier molecular flexibility index (Phi) is 3.26. The van der Waals surface area contributed by atoms with Crippen molar-refractivity contribution in [2.24, 2.45) is 5.73 Å². The van der Waals surface area contributed by atoms with Gasteiger partial charge in [0.25, 0.3) is 0 Å². The Labute approximate surface area is 92.9 Å². The van der Waals surface area contributed by atoms with Gasteiger partial charge in [-0.3, -0.25) is 0 Å². The first kappa shape index (κ1) is 10.8. The maximum atomic E-state index is 13.1. The molecule has 1 heterocycles. The van der Waals surface area contributed by atoms with Crippen molar-refractivity contribution < 1.29 is 4.39 Å². The van der Waals surface area contributed by atoms with Crippen molar-refractivity contribution in [3.63, 3.8) is 0 Å². The lowest BCUT2D eigenvalue weighted by atomic mass is 10.2. The summed E-state index contributed by atoms with van der Waals surface area (Å²) in [4.78, 5) is 0. The average molecular weight is 220 g/mol. The van der Waals surface area contributed by atoms with Gasteiger partial charge < -0.3 is 5.73 Å². The summed E-state index contributed by atoms with van der Waals surface area (Å²) in [6, 6.07) is 6.28. The molecule has 0 aliphatic heterocycles. The second-order valence-electron chi connectivity index (χ2n) is 3.51. The van der Waals surface area contributed by atoms with E-state index >= 15 is 0 Å². The fourth-order valence-corrected chi connectivity index (χ4v) is 1.54. The fourth-order valence-electron chi connectivity index (χ4n) is 1.54. The molecule has 2 rings (SSSR count). The molecule has 0 saturated carbocycles. The number of rotatable bonds is 4. The normalized spacial score (nSPS) is 10.6. The SMILES string of the molecule is NCCCc1cnnn1-c1cccc(F)c1. The number of hydrogen-bond acceptors (Lipinski definition) is 3. The highest BCUT2D eigenvalue weighted by Crippen LogP contribution is 2.11. The summed E-state index contributed by atoms with van der Waals surface area (Å²) in [5.74, 6) is -0.280. The third-order valence-corrected chi connectivity index (χ3v) is 2.31. The number of nitrogens with two attached hydrogens (primary N) is 1. The Balaban J connectivity index is 2.29. The van der Waals surface area contributed by atoms with E-state index in [4.69, 9.17) is 5.73 Å². The van der Waals surface area contributed by atoms with Crippen LogP contribution in [0.25, 0.3) is 5.69 Å². The van der Waals surface area contributed by atoms with E-state index in [1.807, 2.05) is 0 Å². The molecular weight excluding hydrogens is 207 g/mol. The number of nitrogens with zero attached hydrogens (tertiary/aromatic N) is 3. The van der Waals surface area contributed by atoms with Crippen molar-refractivity contribution >= 4 is 0 Å². The van der Waals surface area contributed by atoms with Crippen LogP contribution >= 0.6 is 0 Å². The van der Waals surface area contributed by atoms with E-state index in [-0.39, 0.29) is 5.82 Å². The molecule has 0 atom stereocenters. The average Bonchev–Trinajstić information content (AvgIpc) is 2.74. The van der Waals surface area contributed by atoms with Crippen LogP contribution in [0.5, 0.6) is 0 Å². The van der Waals surface area contributed by atoms with Crippen LogP contribution in [0.15, 0.2) is 30.5 Å². The van der Waals surface area contributed by atoms with Crippen LogP contribution in [0.4, 0.5) is 4.39 Å². The number of hydrogen-bond donors (Lipinski definition) is 1. The summed E-state index contributed by atoms with van der Waals surface area (Å²) in [6.45, 7) is 0.619. The molecule has 0 amide bonds. The lowest BCUT2D eigenvalue weighted by Gasteiger charge is -2.05. The van der Waals surface area contributed by atoms with Gasteiger partial charge in [-0.2, -0.15) is 0 Å². The van der Waals surface area contributed by atoms with E-state index in [2.05, 4.69) is 10.3 Å². The topological polar surface area (TPSA) is 56.7 Å². The summed E-state index contributed by atoms with van der Waals surface area (Å²) >= 11 is 0. The third kappa shape index (κ3) is 2.25. The molecule has 0 unspecified atom stereocenters. The number of aromatic nitrogens is 3. The highest BCUT2D eigenvalue weighted by Gasteiger charge is 2.06. The van der Waals surface area contributed by atoms with Crippen molar-refractivity contribution in [1.29, 1.82) is 0 Å². The first-order valence-corrected chi connectivity index (χ1v) is 5.17. The second kappa shape index (κ2) is 4.85. The monoisotopic (exact) mass is 220 g/mol. The molecule has 0 spiro atoms. The largest absolute Gasteiger partial charge is 0.330 e. The van der Waals surface area contributed by atoms with Gasteiger partial charge in [-0.25, -0.2) is 9.07 Å². The molecule has 0 aliphatic rings. The smallest absolute Gasteiger partial charge is 0.125 e. The van der Waals surface area contributed by atoms with Crippen molar-refractivity contribution in [1.82, 2.24) is 15.0 Å². The maximum absolute atomic E-state index is 13.1. The zero-order chi connectivity index (χ0) is 11.4. The van der Waals surface area contributed by atoms with Crippen molar-refractivity contribution in [2.45, 2.75) is 12.8 Å². The molecule has 0 radical (unpaired) electrons. The summed E-state index contributed by atoms with van der Waals surface area (Å²) in [5, 5.41) is 7.77. The van der Waals surface area contributed by atoms with Crippen LogP contribution in [0.3, 0.4) is 0 Å². The number of benzene rings is 1. The lowest BCUT2D eigenvalue weighted by molar-refractivity contribution is 0.623. The molecule has 2 aromatic rings. The van der Waals surface area contributed by atoms with Crippen molar-refractivity contribution in [2.75, 3.05) is 6.54 Å². The summed E-state index contributed by atoms with van der Waals surface area (Å²) < 4.78 is 14.7. The Morgan fingerprint density at radius 2 is 2.25 bits per heavy atom. The van der Waals surface area contributed by atoms with Crippen LogP contribution in [0.2, 0.25) is 0 Å². The molecule has 5 heteroatoms. The van der Waals surface area contributed by atoms with Gasteiger partial charge in [0, 0.05) is 0 Å². The van der Waals surface area contributed by atoms with E-state index in [0.717, 1.165) is 18.5 Å². The predicted octanol–water partition coefficient (Wildman–Crippen LogP) is 1.30. The molecule has 2 N–H and O–H groups in total. The molecule has 1 aromatic carbocycles. The van der Waals surface area contributed by atoms with Gasteiger partial charge in [0.2, 0.25) is 0 Å². The zero-order valence-electron chi connectivity index (χ0n) is 8.81. The highest BCUT2D eigenvalue weighted by molar-refractivity contribution is 5.32. The first-order chi connectivity index (χ1) is 7.81. The minimum atomic E-state index is -0.280. The van der Waals surface area contributed by atoms with E-state index in [1.54, 1.807) is 23.0 Å². The first-order valence-electron chi connectivity index (χ1n) is 5.17. The Hall–Kier alpha value is -1.75. The second-order valence-corrected chi connectivity index (χ2v) is 3.51. The molecule has 0 fully saturated rings. The van der Waals surface area contributed by atoms with Crippen LogP contribution in [-0.4, -0.2) is 21.5 Å². The van der Waals surface area contributed by atoms with E-state index in [0.29, 0.717) is 12.2 Å². The standard InChI is InChI=1S/C11H13FN4/c12-9-3-1-4-10(7-9)16-11(5-2-6-13)8-14-15-16/h1,3-4,7-8H,2,5-6,13H2. The molecule has 0 aliphatic carbocycles. The highest BCUT2D eigenvalue weighted by atomic mass is 19.1. The van der Waals surface area contributed by atoms with Gasteiger partial charge in [0.15, 0.2) is 0 Å². The summed E-state index contributed by atoms with van der Waals surface area (Å²) in [5.41, 5.74) is 7.07. The van der Waals surface area contributed by atoms with Gasteiger partial charge >= 0.3 is 0 Å². The van der Waals surface area contributed by atoms with Crippen molar-refractivity contribution in [3.8, 4) is 5.69 Å². The van der Waals surface area contributed by atoms with Gasteiger partial charge in [-0.15, -0.1) is 5.10 Å². The molecule has 0 saturated heterocycles. The molecule has 84 valence electrons. The van der Waals surface area contributed by atoms with E-state index in [9.17, 15) is 4.39 Å². The molecular formula is C11H13FN4. The predicted molar refractivity (Wildman–Crippen MR) is 58.7 cm³/mol. The summed E-state index contributed by atoms with van der Waals surface area (Å²) in [6.07, 6.45) is 3.34. The van der Waals surface area contributed by atoms with Gasteiger partial charge in [-0.1, -0.05) is 11.3 Å². The Morgan fingerprint density at radius 1 is 1.38 bits per heavy atom. The summed E-state index contributed by atoms with van der Waals surface area (Å²) in [7, 11) is 0. The quantitative estimate of drug-likeness (QED) is 0.844.